The summed E-state index contributed by atoms with van der Waals surface area (Å²) in [7, 11) is 0. The lowest BCUT2D eigenvalue weighted by molar-refractivity contribution is 0.0697. The van der Waals surface area contributed by atoms with Gasteiger partial charge in [-0.1, -0.05) is 18.2 Å². The van der Waals surface area contributed by atoms with Gasteiger partial charge in [0.2, 0.25) is 0 Å². The molecular weight excluding hydrogens is 403 g/mol. The summed E-state index contributed by atoms with van der Waals surface area (Å²) in [6, 6.07) is 15.7. The molecule has 0 saturated heterocycles. The Hall–Kier alpha value is -3.65. The number of benzene rings is 1. The number of carboxylic acid groups (broad SMARTS) is 1. The van der Waals surface area contributed by atoms with E-state index in [9.17, 15) is 9.18 Å². The molecule has 6 nitrogen and oxygen atoms in total. The van der Waals surface area contributed by atoms with Crippen molar-refractivity contribution < 1.29 is 14.3 Å². The van der Waals surface area contributed by atoms with Crippen LogP contribution in [0.3, 0.4) is 0 Å². The summed E-state index contributed by atoms with van der Waals surface area (Å²) in [6.45, 7) is -0.548. The number of rotatable bonds is 7. The Bertz CT molecular complexity index is 1180. The number of aromatic carboxylic acids is 1. The van der Waals surface area contributed by atoms with Crippen molar-refractivity contribution >= 4 is 28.9 Å². The highest BCUT2D eigenvalue weighted by atomic mass is 32.1. The number of aromatic nitrogens is 3. The molecule has 0 aliphatic carbocycles. The van der Waals surface area contributed by atoms with Crippen LogP contribution in [-0.4, -0.2) is 26.0 Å². The minimum atomic E-state index is -0.940. The molecule has 0 aliphatic rings. The first-order chi connectivity index (χ1) is 14.6. The Labute approximate surface area is 176 Å². The molecule has 3 aromatic heterocycles. The first-order valence-electron chi connectivity index (χ1n) is 9.13. The van der Waals surface area contributed by atoms with E-state index < -0.39 is 12.6 Å². The fourth-order valence-corrected chi connectivity index (χ4v) is 3.77. The Morgan fingerprint density at radius 2 is 1.87 bits per heavy atom. The van der Waals surface area contributed by atoms with Crippen LogP contribution < -0.4 is 5.32 Å². The van der Waals surface area contributed by atoms with E-state index in [4.69, 9.17) is 5.11 Å². The van der Waals surface area contributed by atoms with E-state index in [1.54, 1.807) is 48.8 Å². The van der Waals surface area contributed by atoms with Crippen molar-refractivity contribution in [3.8, 4) is 10.6 Å². The Kier molecular flexibility index (Phi) is 5.76. The Balaban J connectivity index is 1.49. The van der Waals surface area contributed by atoms with Crippen LogP contribution in [0, 0.1) is 0 Å². The highest BCUT2D eigenvalue weighted by Gasteiger charge is 2.09. The standard InChI is InChI=1S/C22H17FN4O2S/c23-12-15-8-9-24-20(10-15)27-19-3-1-2-17(26-19)18-13-25-21(30-18)11-14-4-6-16(7-5-14)22(28)29/h1-10,13H,11-12H2,(H,28,29)(H,24,26,27). The van der Waals surface area contributed by atoms with Crippen LogP contribution >= 0.6 is 11.3 Å². The molecule has 0 bridgehead atoms. The van der Waals surface area contributed by atoms with Crippen LogP contribution in [-0.2, 0) is 13.1 Å². The third-order valence-corrected chi connectivity index (χ3v) is 5.37. The number of carboxylic acids is 1. The predicted molar refractivity (Wildman–Crippen MR) is 114 cm³/mol. The number of hydrogen-bond donors (Lipinski definition) is 2. The molecule has 0 atom stereocenters. The van der Waals surface area contributed by atoms with Crippen molar-refractivity contribution in [2.24, 2.45) is 0 Å². The highest BCUT2D eigenvalue weighted by Crippen LogP contribution is 2.27. The second-order valence-corrected chi connectivity index (χ2v) is 7.63. The molecule has 0 aliphatic heterocycles. The maximum absolute atomic E-state index is 12.8. The molecular formula is C22H17FN4O2S. The van der Waals surface area contributed by atoms with Crippen molar-refractivity contribution in [2.45, 2.75) is 13.1 Å². The summed E-state index contributed by atoms with van der Waals surface area (Å²) in [5.41, 5.74) is 2.57. The molecule has 0 fully saturated rings. The topological polar surface area (TPSA) is 88.0 Å². The predicted octanol–water partition coefficient (Wildman–Crippen LogP) is 5.10. The van der Waals surface area contributed by atoms with E-state index in [1.165, 1.54) is 11.3 Å². The van der Waals surface area contributed by atoms with Gasteiger partial charge in [-0.2, -0.15) is 0 Å². The van der Waals surface area contributed by atoms with Crippen LogP contribution in [0.4, 0.5) is 16.0 Å². The van der Waals surface area contributed by atoms with Crippen LogP contribution in [0.25, 0.3) is 10.6 Å². The molecule has 0 saturated carbocycles. The maximum atomic E-state index is 12.8. The summed E-state index contributed by atoms with van der Waals surface area (Å²) in [5, 5.41) is 13.0. The zero-order chi connectivity index (χ0) is 20.9. The number of nitrogens with one attached hydrogen (secondary N) is 1. The molecule has 30 heavy (non-hydrogen) atoms. The van der Waals surface area contributed by atoms with Crippen LogP contribution in [0.2, 0.25) is 0 Å². The summed E-state index contributed by atoms with van der Waals surface area (Å²) in [6.07, 6.45) is 3.95. The van der Waals surface area contributed by atoms with E-state index in [0.717, 1.165) is 21.1 Å². The van der Waals surface area contributed by atoms with Gasteiger partial charge in [0, 0.05) is 18.8 Å². The van der Waals surface area contributed by atoms with Crippen LogP contribution in [0.5, 0.6) is 0 Å². The lowest BCUT2D eigenvalue weighted by atomic mass is 10.1. The van der Waals surface area contributed by atoms with Crippen molar-refractivity contribution in [1.82, 2.24) is 15.0 Å². The fraction of sp³-hybridized carbons (Fsp3) is 0.0909. The highest BCUT2D eigenvalue weighted by molar-refractivity contribution is 7.15. The third kappa shape index (κ3) is 4.66. The molecule has 150 valence electrons. The van der Waals surface area contributed by atoms with Gasteiger partial charge < -0.3 is 10.4 Å². The van der Waals surface area contributed by atoms with Gasteiger partial charge >= 0.3 is 5.97 Å². The molecule has 0 spiro atoms. The molecule has 8 heteroatoms. The van der Waals surface area contributed by atoms with Gasteiger partial charge in [0.05, 0.1) is 21.1 Å². The average Bonchev–Trinajstić information content (AvgIpc) is 3.23. The first kappa shape index (κ1) is 19.7. The zero-order valence-corrected chi connectivity index (χ0v) is 16.6. The molecule has 0 radical (unpaired) electrons. The smallest absolute Gasteiger partial charge is 0.335 e. The van der Waals surface area contributed by atoms with Gasteiger partial charge in [-0.3, -0.25) is 0 Å². The largest absolute Gasteiger partial charge is 0.478 e. The Morgan fingerprint density at radius 1 is 1.03 bits per heavy atom. The van der Waals surface area contributed by atoms with E-state index >= 15 is 0 Å². The first-order valence-corrected chi connectivity index (χ1v) is 9.94. The number of pyridine rings is 2. The van der Waals surface area contributed by atoms with Gasteiger partial charge in [0.25, 0.3) is 0 Å². The van der Waals surface area contributed by atoms with E-state index in [0.29, 0.717) is 23.6 Å². The molecule has 0 unspecified atom stereocenters. The molecule has 2 N–H and O–H groups in total. The molecule has 3 heterocycles. The third-order valence-electron chi connectivity index (χ3n) is 4.35. The molecule has 4 rings (SSSR count). The number of carbonyl (C=O) groups is 1. The number of anilines is 2. The van der Waals surface area contributed by atoms with Crippen LogP contribution in [0.1, 0.15) is 26.5 Å². The Morgan fingerprint density at radius 3 is 2.63 bits per heavy atom. The molecule has 0 amide bonds. The molecule has 1 aromatic carbocycles. The van der Waals surface area contributed by atoms with Crippen molar-refractivity contribution in [2.75, 3.05) is 5.32 Å². The quantitative estimate of drug-likeness (QED) is 0.432. The summed E-state index contributed by atoms with van der Waals surface area (Å²) >= 11 is 1.53. The minimum Gasteiger partial charge on any atom is -0.478 e. The van der Waals surface area contributed by atoms with Crippen molar-refractivity contribution in [1.29, 1.82) is 0 Å². The SMILES string of the molecule is O=C(O)c1ccc(Cc2ncc(-c3cccc(Nc4cc(CF)ccn4)n3)s2)cc1. The van der Waals surface area contributed by atoms with Crippen molar-refractivity contribution in [3.63, 3.8) is 0 Å². The summed E-state index contributed by atoms with van der Waals surface area (Å²) in [5.74, 6) is 0.198. The van der Waals surface area contributed by atoms with E-state index in [-0.39, 0.29) is 5.56 Å². The monoisotopic (exact) mass is 420 g/mol. The second-order valence-electron chi connectivity index (χ2n) is 6.51. The lowest BCUT2D eigenvalue weighted by Crippen LogP contribution is -1.97. The average molecular weight is 420 g/mol. The zero-order valence-electron chi connectivity index (χ0n) is 15.7. The van der Waals surface area contributed by atoms with Crippen LogP contribution in [0.15, 0.2) is 67.0 Å². The summed E-state index contributed by atoms with van der Waals surface area (Å²) in [4.78, 5) is 25.1. The lowest BCUT2D eigenvalue weighted by Gasteiger charge is -2.06. The normalized spacial score (nSPS) is 10.7. The number of alkyl halides is 1. The number of thiazole rings is 1. The van der Waals surface area contributed by atoms with Gasteiger partial charge in [-0.05, 0) is 47.5 Å². The van der Waals surface area contributed by atoms with Gasteiger partial charge in [0.1, 0.15) is 18.3 Å². The van der Waals surface area contributed by atoms with Gasteiger partial charge in [-0.15, -0.1) is 11.3 Å². The maximum Gasteiger partial charge on any atom is 0.335 e. The number of hydrogen-bond acceptors (Lipinski definition) is 6. The van der Waals surface area contributed by atoms with Gasteiger partial charge in [0.15, 0.2) is 0 Å². The van der Waals surface area contributed by atoms with Crippen molar-refractivity contribution in [3.05, 3.63) is 88.7 Å². The second kappa shape index (κ2) is 8.79. The van der Waals surface area contributed by atoms with E-state index in [1.807, 2.05) is 18.2 Å². The number of halogens is 1. The number of nitrogens with zero attached hydrogens (tertiary/aromatic N) is 3. The fourth-order valence-electron chi connectivity index (χ4n) is 2.85. The summed E-state index contributed by atoms with van der Waals surface area (Å²) < 4.78 is 12.8. The minimum absolute atomic E-state index is 0.263. The van der Waals surface area contributed by atoms with Gasteiger partial charge in [-0.25, -0.2) is 24.1 Å². The van der Waals surface area contributed by atoms with E-state index in [2.05, 4.69) is 20.3 Å². The molecule has 4 aromatic rings.